The number of rotatable bonds is 5. The highest BCUT2D eigenvalue weighted by atomic mass is 35.5. The largest absolute Gasteiger partial charge is 0.489 e. The maximum atomic E-state index is 6.10. The first-order valence-electron chi connectivity index (χ1n) is 6.75. The van der Waals surface area contributed by atoms with Crippen molar-refractivity contribution in [2.75, 3.05) is 7.05 Å². The summed E-state index contributed by atoms with van der Waals surface area (Å²) in [6.07, 6.45) is 3.64. The predicted molar refractivity (Wildman–Crippen MR) is 87.4 cm³/mol. The number of hydrogen-bond donors (Lipinski definition) is 1. The highest BCUT2D eigenvalue weighted by Crippen LogP contribution is 2.29. The number of halogens is 2. The Bertz CT molecular complexity index is 617. The van der Waals surface area contributed by atoms with Gasteiger partial charge in [-0.25, -0.2) is 0 Å². The van der Waals surface area contributed by atoms with Crippen LogP contribution in [0.1, 0.15) is 31.0 Å². The Labute approximate surface area is 135 Å². The van der Waals surface area contributed by atoms with Crippen molar-refractivity contribution in [2.45, 2.75) is 26.0 Å². The Morgan fingerprint density at radius 3 is 2.43 bits per heavy atom. The molecule has 1 heterocycles. The molecule has 0 radical (unpaired) electrons. The molecule has 1 aromatic heterocycles. The molecular formula is C16H18Cl2N2O. The molecule has 0 spiro atoms. The zero-order valence-corrected chi connectivity index (χ0v) is 13.7. The summed E-state index contributed by atoms with van der Waals surface area (Å²) in [4.78, 5) is 4.25. The van der Waals surface area contributed by atoms with Crippen molar-refractivity contribution in [1.29, 1.82) is 0 Å². The Kier molecular flexibility index (Phi) is 5.45. The van der Waals surface area contributed by atoms with E-state index in [0.29, 0.717) is 10.0 Å². The molecule has 21 heavy (non-hydrogen) atoms. The molecule has 0 aliphatic carbocycles. The molecule has 0 fully saturated rings. The number of nitrogens with one attached hydrogen (secondary N) is 1. The molecule has 1 atom stereocenters. The summed E-state index contributed by atoms with van der Waals surface area (Å²) in [5, 5.41) is 4.35. The van der Waals surface area contributed by atoms with Crippen molar-refractivity contribution in [3.63, 3.8) is 0 Å². The standard InChI is InChI=1S/C16H18Cl2N2O/c1-10(2)21-13-6-12(8-20-9-13)16(19-3)11-4-5-14(17)15(18)7-11/h4-10,16,19H,1-3H3. The minimum absolute atomic E-state index is 0.0250. The van der Waals surface area contributed by atoms with Gasteiger partial charge in [0.25, 0.3) is 0 Å². The van der Waals surface area contributed by atoms with Crippen LogP contribution in [0, 0.1) is 0 Å². The van der Waals surface area contributed by atoms with Crippen molar-refractivity contribution in [1.82, 2.24) is 10.3 Å². The molecule has 3 nitrogen and oxygen atoms in total. The highest BCUT2D eigenvalue weighted by Gasteiger charge is 2.15. The molecule has 0 aliphatic heterocycles. The summed E-state index contributed by atoms with van der Waals surface area (Å²) in [5.74, 6) is 0.753. The maximum Gasteiger partial charge on any atom is 0.138 e. The molecule has 112 valence electrons. The third-order valence-electron chi connectivity index (χ3n) is 3.01. The average Bonchev–Trinajstić information content (AvgIpc) is 2.43. The molecular weight excluding hydrogens is 307 g/mol. The zero-order chi connectivity index (χ0) is 15.4. The summed E-state index contributed by atoms with van der Waals surface area (Å²) in [5.41, 5.74) is 2.03. The van der Waals surface area contributed by atoms with Gasteiger partial charge in [-0.05, 0) is 50.2 Å². The molecule has 2 rings (SSSR count). The van der Waals surface area contributed by atoms with E-state index in [0.717, 1.165) is 16.9 Å². The quantitative estimate of drug-likeness (QED) is 0.880. The first-order chi connectivity index (χ1) is 10.0. The maximum absolute atomic E-state index is 6.10. The van der Waals surface area contributed by atoms with E-state index in [1.807, 2.05) is 45.3 Å². The summed E-state index contributed by atoms with van der Waals surface area (Å²) >= 11 is 12.1. The van der Waals surface area contributed by atoms with E-state index in [4.69, 9.17) is 27.9 Å². The lowest BCUT2D eigenvalue weighted by molar-refractivity contribution is 0.241. The van der Waals surface area contributed by atoms with Crippen molar-refractivity contribution >= 4 is 23.2 Å². The van der Waals surface area contributed by atoms with Crippen LogP contribution in [-0.2, 0) is 0 Å². The summed E-state index contributed by atoms with van der Waals surface area (Å²) in [7, 11) is 1.89. The third kappa shape index (κ3) is 4.10. The van der Waals surface area contributed by atoms with Crippen LogP contribution in [-0.4, -0.2) is 18.1 Å². The van der Waals surface area contributed by atoms with Gasteiger partial charge in [0, 0.05) is 6.20 Å². The smallest absolute Gasteiger partial charge is 0.138 e. The van der Waals surface area contributed by atoms with E-state index in [1.54, 1.807) is 12.3 Å². The summed E-state index contributed by atoms with van der Waals surface area (Å²) in [6.45, 7) is 3.97. The Morgan fingerprint density at radius 2 is 1.81 bits per heavy atom. The van der Waals surface area contributed by atoms with Gasteiger partial charge in [0.05, 0.1) is 28.4 Å². The van der Waals surface area contributed by atoms with Gasteiger partial charge in [-0.2, -0.15) is 0 Å². The molecule has 0 bridgehead atoms. The normalized spacial score (nSPS) is 12.5. The summed E-state index contributed by atoms with van der Waals surface area (Å²) in [6, 6.07) is 7.57. The van der Waals surface area contributed by atoms with Crippen molar-refractivity contribution < 1.29 is 4.74 Å². The monoisotopic (exact) mass is 324 g/mol. The van der Waals surface area contributed by atoms with Crippen LogP contribution < -0.4 is 10.1 Å². The Hall–Kier alpha value is -1.29. The number of benzene rings is 1. The molecule has 0 saturated carbocycles. The third-order valence-corrected chi connectivity index (χ3v) is 3.74. The number of pyridine rings is 1. The lowest BCUT2D eigenvalue weighted by atomic mass is 10.0. The van der Waals surface area contributed by atoms with Gasteiger partial charge >= 0.3 is 0 Å². The highest BCUT2D eigenvalue weighted by molar-refractivity contribution is 6.42. The van der Waals surface area contributed by atoms with Gasteiger partial charge in [0.15, 0.2) is 0 Å². The number of hydrogen-bond acceptors (Lipinski definition) is 3. The molecule has 0 amide bonds. The molecule has 2 aromatic rings. The van der Waals surface area contributed by atoms with E-state index in [1.165, 1.54) is 0 Å². The topological polar surface area (TPSA) is 34.2 Å². The van der Waals surface area contributed by atoms with Gasteiger partial charge in [0.1, 0.15) is 5.75 Å². The number of nitrogens with zero attached hydrogens (tertiary/aromatic N) is 1. The number of aromatic nitrogens is 1. The fourth-order valence-corrected chi connectivity index (χ4v) is 2.45. The first kappa shape index (κ1) is 16.1. The minimum Gasteiger partial charge on any atom is -0.489 e. The van der Waals surface area contributed by atoms with E-state index >= 15 is 0 Å². The van der Waals surface area contributed by atoms with Crippen molar-refractivity contribution in [2.24, 2.45) is 0 Å². The van der Waals surface area contributed by atoms with Crippen LogP contribution in [0.5, 0.6) is 5.75 Å². The van der Waals surface area contributed by atoms with Crippen molar-refractivity contribution in [3.8, 4) is 5.75 Å². The van der Waals surface area contributed by atoms with Gasteiger partial charge in [0.2, 0.25) is 0 Å². The second kappa shape index (κ2) is 7.12. The number of ether oxygens (including phenoxy) is 1. The van der Waals surface area contributed by atoms with Crippen LogP contribution in [0.4, 0.5) is 0 Å². The molecule has 1 unspecified atom stereocenters. The molecule has 0 aliphatic rings. The second-order valence-corrected chi connectivity index (χ2v) is 5.83. The van der Waals surface area contributed by atoms with E-state index in [9.17, 15) is 0 Å². The summed E-state index contributed by atoms with van der Waals surface area (Å²) < 4.78 is 5.69. The first-order valence-corrected chi connectivity index (χ1v) is 7.50. The van der Waals surface area contributed by atoms with Gasteiger partial charge in [-0.3, -0.25) is 4.98 Å². The molecule has 1 aromatic carbocycles. The van der Waals surface area contributed by atoms with Gasteiger partial charge in [-0.1, -0.05) is 29.3 Å². The Balaban J connectivity index is 2.34. The lowest BCUT2D eigenvalue weighted by Gasteiger charge is -2.19. The average molecular weight is 325 g/mol. The van der Waals surface area contributed by atoms with Crippen LogP contribution in [0.3, 0.4) is 0 Å². The van der Waals surface area contributed by atoms with Crippen LogP contribution in [0.15, 0.2) is 36.7 Å². The predicted octanol–water partition coefficient (Wildman–Crippen LogP) is 4.48. The fourth-order valence-electron chi connectivity index (χ4n) is 2.15. The SMILES string of the molecule is CNC(c1cncc(OC(C)C)c1)c1ccc(Cl)c(Cl)c1. The van der Waals surface area contributed by atoms with Crippen LogP contribution in [0.25, 0.3) is 0 Å². The zero-order valence-electron chi connectivity index (χ0n) is 12.2. The van der Waals surface area contributed by atoms with Crippen LogP contribution >= 0.6 is 23.2 Å². The van der Waals surface area contributed by atoms with E-state index < -0.39 is 0 Å². The van der Waals surface area contributed by atoms with Gasteiger partial charge in [-0.15, -0.1) is 0 Å². The minimum atomic E-state index is -0.0250. The lowest BCUT2D eigenvalue weighted by Crippen LogP contribution is -2.18. The van der Waals surface area contributed by atoms with Crippen molar-refractivity contribution in [3.05, 3.63) is 57.8 Å². The van der Waals surface area contributed by atoms with E-state index in [-0.39, 0.29) is 12.1 Å². The Morgan fingerprint density at radius 1 is 1.05 bits per heavy atom. The molecule has 0 saturated heterocycles. The molecule has 1 N–H and O–H groups in total. The fraction of sp³-hybridized carbons (Fsp3) is 0.312. The van der Waals surface area contributed by atoms with Gasteiger partial charge < -0.3 is 10.1 Å². The second-order valence-electron chi connectivity index (χ2n) is 5.02. The molecule has 5 heteroatoms. The van der Waals surface area contributed by atoms with Crippen LogP contribution in [0.2, 0.25) is 10.0 Å². The van der Waals surface area contributed by atoms with E-state index in [2.05, 4.69) is 10.3 Å².